The lowest BCUT2D eigenvalue weighted by molar-refractivity contribution is 0.501. The van der Waals surface area contributed by atoms with Crippen molar-refractivity contribution in [2.24, 2.45) is 5.41 Å². The Morgan fingerprint density at radius 1 is 0.828 bits per heavy atom. The maximum Gasteiger partial charge on any atom is 0.381 e. The summed E-state index contributed by atoms with van der Waals surface area (Å²) >= 11 is 0. The summed E-state index contributed by atoms with van der Waals surface area (Å²) < 4.78 is 13.6. The summed E-state index contributed by atoms with van der Waals surface area (Å²) in [6, 6.07) is 25.1. The van der Waals surface area contributed by atoms with Crippen LogP contribution in [0, 0.1) is 23.0 Å². The van der Waals surface area contributed by atoms with Crippen molar-refractivity contribution in [3.63, 3.8) is 0 Å². The van der Waals surface area contributed by atoms with Crippen LogP contribution < -0.4 is 10.3 Å². The Hall–Kier alpha value is -3.25. The molecule has 0 radical (unpaired) electrons. The summed E-state index contributed by atoms with van der Waals surface area (Å²) in [6.07, 6.45) is 2.24. The number of halogens is 1. The van der Waals surface area contributed by atoms with E-state index in [2.05, 4.69) is 67.7 Å². The molecule has 142 valence electrons. The molecule has 29 heavy (non-hydrogen) atoms. The standard InChI is InChI=1S/C26H23BFN/c1-26(2,3)25-19-21-11-7-8-12-24(21)27(18-17-20-9-5-4-6-10-20)29(25)23-15-13-22(28)14-16-23/h4-16,19H,1-3H3. The lowest BCUT2D eigenvalue weighted by Crippen LogP contribution is -2.53. The molecule has 0 aliphatic carbocycles. The number of nitrogens with zero attached hydrogens (tertiary/aromatic N) is 1. The Labute approximate surface area is 173 Å². The molecule has 1 aliphatic rings. The van der Waals surface area contributed by atoms with Crippen LogP contribution >= 0.6 is 0 Å². The highest BCUT2D eigenvalue weighted by molar-refractivity contribution is 6.85. The molecular formula is C26H23BFN. The first-order chi connectivity index (χ1) is 13.9. The third-order valence-corrected chi connectivity index (χ3v) is 5.10. The van der Waals surface area contributed by atoms with Gasteiger partial charge in [-0.1, -0.05) is 69.2 Å². The summed E-state index contributed by atoms with van der Waals surface area (Å²) in [4.78, 5) is 2.25. The molecule has 0 saturated carbocycles. The lowest BCUT2D eigenvalue weighted by Gasteiger charge is -2.41. The molecule has 0 atom stereocenters. The van der Waals surface area contributed by atoms with E-state index in [-0.39, 0.29) is 18.1 Å². The lowest BCUT2D eigenvalue weighted by atomic mass is 9.50. The summed E-state index contributed by atoms with van der Waals surface area (Å²) in [5.74, 6) is 6.61. The van der Waals surface area contributed by atoms with Crippen molar-refractivity contribution in [1.29, 1.82) is 0 Å². The molecule has 3 heteroatoms. The summed E-state index contributed by atoms with van der Waals surface area (Å²) in [5.41, 5.74) is 5.33. The Morgan fingerprint density at radius 3 is 2.17 bits per heavy atom. The zero-order valence-corrected chi connectivity index (χ0v) is 17.0. The zero-order valence-electron chi connectivity index (χ0n) is 17.0. The van der Waals surface area contributed by atoms with Crippen LogP contribution in [0.3, 0.4) is 0 Å². The predicted molar refractivity (Wildman–Crippen MR) is 121 cm³/mol. The Morgan fingerprint density at radius 2 is 1.48 bits per heavy atom. The molecule has 0 N–H and O–H groups in total. The molecule has 3 aromatic carbocycles. The number of hydrogen-bond acceptors (Lipinski definition) is 1. The molecular weight excluding hydrogens is 356 g/mol. The maximum absolute atomic E-state index is 13.6. The van der Waals surface area contributed by atoms with Crippen LogP contribution in [0.15, 0.2) is 84.6 Å². The molecule has 0 spiro atoms. The van der Waals surface area contributed by atoms with Gasteiger partial charge in [-0.25, -0.2) is 4.39 Å². The molecule has 1 nitrogen and oxygen atoms in total. The van der Waals surface area contributed by atoms with Crippen LogP contribution in [0.2, 0.25) is 0 Å². The molecule has 0 saturated heterocycles. The van der Waals surface area contributed by atoms with Gasteiger partial charge in [-0.05, 0) is 53.5 Å². The molecule has 0 amide bonds. The van der Waals surface area contributed by atoms with Crippen LogP contribution in [-0.2, 0) is 0 Å². The Kier molecular flexibility index (Phi) is 5.03. The average molecular weight is 379 g/mol. The van der Waals surface area contributed by atoms with Gasteiger partial charge in [-0.15, -0.1) is 5.82 Å². The van der Waals surface area contributed by atoms with Gasteiger partial charge in [0.05, 0.1) is 0 Å². The van der Waals surface area contributed by atoms with E-state index in [1.54, 1.807) is 0 Å². The number of anilines is 1. The van der Waals surface area contributed by atoms with Gasteiger partial charge in [0.2, 0.25) is 0 Å². The van der Waals surface area contributed by atoms with Crippen molar-refractivity contribution < 1.29 is 4.39 Å². The van der Waals surface area contributed by atoms with Crippen LogP contribution in [0.4, 0.5) is 10.1 Å². The Balaban J connectivity index is 1.91. The van der Waals surface area contributed by atoms with Crippen molar-refractivity contribution in [2.75, 3.05) is 4.81 Å². The van der Waals surface area contributed by atoms with E-state index in [0.29, 0.717) is 0 Å². The minimum atomic E-state index is -0.237. The van der Waals surface area contributed by atoms with Crippen molar-refractivity contribution in [3.8, 4) is 11.7 Å². The van der Waals surface area contributed by atoms with Crippen LogP contribution in [0.1, 0.15) is 31.9 Å². The minimum Gasteiger partial charge on any atom is -0.373 e. The van der Waals surface area contributed by atoms with Crippen LogP contribution in [0.5, 0.6) is 0 Å². The van der Waals surface area contributed by atoms with Crippen molar-refractivity contribution in [2.45, 2.75) is 20.8 Å². The summed E-state index contributed by atoms with van der Waals surface area (Å²) in [7, 11) is 0. The second-order valence-electron chi connectivity index (χ2n) is 8.29. The molecule has 1 aliphatic heterocycles. The van der Waals surface area contributed by atoms with Gasteiger partial charge in [-0.2, -0.15) is 0 Å². The van der Waals surface area contributed by atoms with Gasteiger partial charge in [0.25, 0.3) is 0 Å². The molecule has 0 fully saturated rings. The van der Waals surface area contributed by atoms with Crippen molar-refractivity contribution in [3.05, 3.63) is 102 Å². The molecule has 0 bridgehead atoms. The van der Waals surface area contributed by atoms with E-state index in [0.717, 1.165) is 22.4 Å². The van der Waals surface area contributed by atoms with E-state index in [1.165, 1.54) is 17.7 Å². The number of benzene rings is 3. The number of allylic oxidation sites excluding steroid dienone is 1. The summed E-state index contributed by atoms with van der Waals surface area (Å²) in [5, 5.41) is 0. The molecule has 0 unspecified atom stereocenters. The van der Waals surface area contributed by atoms with Gasteiger partial charge < -0.3 is 4.81 Å². The zero-order chi connectivity index (χ0) is 20.4. The first kappa shape index (κ1) is 19.1. The molecule has 0 aromatic heterocycles. The van der Waals surface area contributed by atoms with Gasteiger partial charge in [0, 0.05) is 22.4 Å². The van der Waals surface area contributed by atoms with E-state index in [4.69, 9.17) is 0 Å². The largest absolute Gasteiger partial charge is 0.381 e. The Bertz CT molecular complexity index is 1100. The highest BCUT2D eigenvalue weighted by atomic mass is 19.1. The van der Waals surface area contributed by atoms with Gasteiger partial charge in [-0.3, -0.25) is 0 Å². The van der Waals surface area contributed by atoms with E-state index in [1.807, 2.05) is 42.5 Å². The number of fused-ring (bicyclic) bond motifs is 1. The van der Waals surface area contributed by atoms with Gasteiger partial charge in [0.15, 0.2) is 0 Å². The quantitative estimate of drug-likeness (QED) is 0.397. The summed E-state index contributed by atoms with van der Waals surface area (Å²) in [6.45, 7) is 6.44. The second kappa shape index (κ2) is 7.64. The second-order valence-corrected chi connectivity index (χ2v) is 8.29. The third-order valence-electron chi connectivity index (χ3n) is 5.10. The smallest absolute Gasteiger partial charge is 0.373 e. The highest BCUT2D eigenvalue weighted by Gasteiger charge is 2.37. The maximum atomic E-state index is 13.6. The topological polar surface area (TPSA) is 3.24 Å². The highest BCUT2D eigenvalue weighted by Crippen LogP contribution is 2.36. The minimum absolute atomic E-state index is 0.103. The first-order valence-corrected chi connectivity index (χ1v) is 9.86. The fourth-order valence-corrected chi connectivity index (χ4v) is 3.67. The molecule has 4 rings (SSSR count). The molecule has 1 heterocycles. The van der Waals surface area contributed by atoms with Gasteiger partial charge >= 0.3 is 6.85 Å². The van der Waals surface area contributed by atoms with Crippen molar-refractivity contribution >= 4 is 24.1 Å². The number of hydrogen-bond donors (Lipinski definition) is 0. The van der Waals surface area contributed by atoms with Crippen LogP contribution in [-0.4, -0.2) is 6.85 Å². The fourth-order valence-electron chi connectivity index (χ4n) is 3.67. The fraction of sp³-hybridized carbons (Fsp3) is 0.154. The van der Waals surface area contributed by atoms with E-state index in [9.17, 15) is 4.39 Å². The van der Waals surface area contributed by atoms with E-state index >= 15 is 0 Å². The van der Waals surface area contributed by atoms with Crippen molar-refractivity contribution in [1.82, 2.24) is 0 Å². The average Bonchev–Trinajstić information content (AvgIpc) is 2.72. The predicted octanol–water partition coefficient (Wildman–Crippen LogP) is 5.52. The van der Waals surface area contributed by atoms with Gasteiger partial charge in [0.1, 0.15) is 5.82 Å². The van der Waals surface area contributed by atoms with E-state index < -0.39 is 0 Å². The third kappa shape index (κ3) is 3.98. The van der Waals surface area contributed by atoms with Crippen LogP contribution in [0.25, 0.3) is 6.08 Å². The molecule has 3 aromatic rings. The first-order valence-electron chi connectivity index (χ1n) is 9.86. The SMILES string of the molecule is CC(C)(C)C1=Cc2ccccc2B(C#Cc2ccccc2)N1c1ccc(F)cc1. The number of rotatable bonds is 1. The monoisotopic (exact) mass is 379 g/mol. The normalized spacial score (nSPS) is 13.3.